The van der Waals surface area contributed by atoms with E-state index in [0.717, 1.165) is 4.47 Å². The van der Waals surface area contributed by atoms with Crippen molar-refractivity contribution in [3.8, 4) is 0 Å². The fraction of sp³-hybridized carbons (Fsp3) is 0.158. The van der Waals surface area contributed by atoms with Gasteiger partial charge in [0.2, 0.25) is 11.8 Å². The summed E-state index contributed by atoms with van der Waals surface area (Å²) in [7, 11) is 0. The van der Waals surface area contributed by atoms with Crippen LogP contribution in [0.3, 0.4) is 0 Å². The summed E-state index contributed by atoms with van der Waals surface area (Å²) in [5, 5.41) is 11.2. The normalized spacial score (nSPS) is 15.7. The van der Waals surface area contributed by atoms with Crippen LogP contribution in [0.4, 0.5) is 17.1 Å². The van der Waals surface area contributed by atoms with Gasteiger partial charge in [-0.1, -0.05) is 34.1 Å². The minimum Gasteiger partial charge on any atom is -0.368 e. The molecule has 1 atom stereocenters. The predicted octanol–water partition coefficient (Wildman–Crippen LogP) is 2.47. The molecule has 0 spiro atoms. The molecule has 1 unspecified atom stereocenters. The highest BCUT2D eigenvalue weighted by Gasteiger charge is 2.35. The van der Waals surface area contributed by atoms with E-state index in [-0.39, 0.29) is 18.0 Å². The number of nitrogens with zero attached hydrogens (tertiary/aromatic N) is 2. The Morgan fingerprint density at radius 1 is 1.11 bits per heavy atom. The Hall–Kier alpha value is -3.20. The van der Waals surface area contributed by atoms with Crippen molar-refractivity contribution in [3.05, 3.63) is 53.0 Å². The second kappa shape index (κ2) is 8.22. The summed E-state index contributed by atoms with van der Waals surface area (Å²) in [6.45, 7) is 1.38. The van der Waals surface area contributed by atoms with Crippen LogP contribution in [-0.2, 0) is 14.4 Å². The van der Waals surface area contributed by atoms with Gasteiger partial charge in [0, 0.05) is 17.8 Å². The first-order valence-electron chi connectivity index (χ1n) is 8.44. The molecule has 0 saturated carbocycles. The van der Waals surface area contributed by atoms with Crippen molar-refractivity contribution in [1.82, 2.24) is 0 Å². The molecule has 28 heavy (non-hydrogen) atoms. The van der Waals surface area contributed by atoms with E-state index in [1.165, 1.54) is 11.9 Å². The van der Waals surface area contributed by atoms with Crippen LogP contribution in [0.1, 0.15) is 13.3 Å². The lowest BCUT2D eigenvalue weighted by Gasteiger charge is -2.20. The van der Waals surface area contributed by atoms with Crippen LogP contribution in [0.15, 0.2) is 58.1 Å². The van der Waals surface area contributed by atoms with Gasteiger partial charge in [-0.3, -0.25) is 19.4 Å². The number of hydrogen-bond acceptors (Lipinski definition) is 5. The van der Waals surface area contributed by atoms with Crippen LogP contribution in [0.5, 0.6) is 0 Å². The number of nitrogens with two attached hydrogens (primary N) is 1. The van der Waals surface area contributed by atoms with Crippen molar-refractivity contribution in [2.45, 2.75) is 19.4 Å². The summed E-state index contributed by atoms with van der Waals surface area (Å²) in [6, 6.07) is 13.3. The summed E-state index contributed by atoms with van der Waals surface area (Å²) in [4.78, 5) is 36.0. The molecule has 0 fully saturated rings. The molecule has 2 aromatic carbocycles. The van der Waals surface area contributed by atoms with E-state index in [1.54, 1.807) is 30.3 Å². The number of rotatable bonds is 5. The Kier molecular flexibility index (Phi) is 5.74. The molecule has 1 aliphatic heterocycles. The van der Waals surface area contributed by atoms with Crippen molar-refractivity contribution in [2.75, 3.05) is 15.6 Å². The highest BCUT2D eigenvalue weighted by atomic mass is 79.9. The van der Waals surface area contributed by atoms with Crippen molar-refractivity contribution in [1.29, 1.82) is 0 Å². The molecule has 0 bridgehead atoms. The van der Waals surface area contributed by atoms with Gasteiger partial charge >= 0.3 is 0 Å². The van der Waals surface area contributed by atoms with Gasteiger partial charge in [-0.15, -0.1) is 0 Å². The third-order valence-electron chi connectivity index (χ3n) is 4.06. The largest absolute Gasteiger partial charge is 0.368 e. The molecular weight excluding hydrogens is 426 g/mol. The number of benzene rings is 2. The number of para-hydroxylation sites is 1. The zero-order valence-electron chi connectivity index (χ0n) is 15.0. The number of carbonyl (C=O) groups is 3. The van der Waals surface area contributed by atoms with Crippen molar-refractivity contribution in [3.63, 3.8) is 0 Å². The predicted molar refractivity (Wildman–Crippen MR) is 111 cm³/mol. The molecule has 0 saturated heterocycles. The number of hydrazone groups is 1. The molecule has 0 radical (unpaired) electrons. The van der Waals surface area contributed by atoms with Gasteiger partial charge in [-0.25, -0.2) is 0 Å². The molecule has 1 aliphatic rings. The average molecular weight is 444 g/mol. The number of hydrogen-bond donors (Lipinski definition) is 3. The lowest BCUT2D eigenvalue weighted by Crippen LogP contribution is -2.39. The van der Waals surface area contributed by atoms with E-state index in [4.69, 9.17) is 5.73 Å². The minimum absolute atomic E-state index is 0.0829. The van der Waals surface area contributed by atoms with Gasteiger partial charge in [0.25, 0.3) is 5.91 Å². The van der Waals surface area contributed by atoms with Crippen molar-refractivity contribution >= 4 is 56.4 Å². The summed E-state index contributed by atoms with van der Waals surface area (Å²) in [5.41, 5.74) is 7.19. The zero-order chi connectivity index (χ0) is 20.3. The first-order chi connectivity index (χ1) is 13.3. The van der Waals surface area contributed by atoms with Gasteiger partial charge < -0.3 is 16.4 Å². The van der Waals surface area contributed by atoms with Crippen molar-refractivity contribution < 1.29 is 14.4 Å². The zero-order valence-corrected chi connectivity index (χ0v) is 16.6. The second-order valence-corrected chi connectivity index (χ2v) is 7.09. The Balaban J connectivity index is 1.86. The fourth-order valence-electron chi connectivity index (χ4n) is 2.80. The number of carbonyl (C=O) groups excluding carboxylic acids is 3. The Bertz CT molecular complexity index is 961. The molecule has 1 heterocycles. The maximum absolute atomic E-state index is 12.8. The van der Waals surface area contributed by atoms with Gasteiger partial charge in [0.1, 0.15) is 11.8 Å². The maximum atomic E-state index is 12.8. The van der Waals surface area contributed by atoms with Crippen LogP contribution in [0.2, 0.25) is 0 Å². The van der Waals surface area contributed by atoms with Crippen molar-refractivity contribution in [2.24, 2.45) is 10.8 Å². The molecule has 3 rings (SSSR count). The van der Waals surface area contributed by atoms with E-state index in [2.05, 4.69) is 31.7 Å². The summed E-state index contributed by atoms with van der Waals surface area (Å²) >= 11 is 3.34. The first-order valence-corrected chi connectivity index (χ1v) is 9.24. The van der Waals surface area contributed by atoms with Crippen LogP contribution in [0.25, 0.3) is 0 Å². The number of amides is 3. The Labute approximate surface area is 169 Å². The SMILES string of the molecule is CC(=O)Nc1ccc(Br)cc1NC(=O)C1=NN(c2ccccc2)C(C(N)=O)C1. The minimum atomic E-state index is -0.750. The fourth-order valence-corrected chi connectivity index (χ4v) is 3.16. The molecule has 2 aromatic rings. The molecule has 4 N–H and O–H groups in total. The lowest BCUT2D eigenvalue weighted by atomic mass is 10.1. The summed E-state index contributed by atoms with van der Waals surface area (Å²) < 4.78 is 0.728. The van der Waals surface area contributed by atoms with E-state index < -0.39 is 17.9 Å². The highest BCUT2D eigenvalue weighted by Crippen LogP contribution is 2.28. The lowest BCUT2D eigenvalue weighted by molar-refractivity contribution is -0.119. The third kappa shape index (κ3) is 4.37. The van der Waals surface area contributed by atoms with Gasteiger partial charge in [-0.05, 0) is 30.3 Å². The number of halogens is 1. The molecule has 0 aliphatic carbocycles. The number of nitrogens with one attached hydrogen (secondary N) is 2. The standard InChI is InChI=1S/C19H18BrN5O3/c1-11(26)22-14-8-7-12(20)9-15(14)23-19(28)16-10-17(18(21)27)25(24-16)13-5-3-2-4-6-13/h2-9,17H,10H2,1H3,(H2,21,27)(H,22,26)(H,23,28). The molecule has 3 amide bonds. The smallest absolute Gasteiger partial charge is 0.272 e. The monoisotopic (exact) mass is 443 g/mol. The first kappa shape index (κ1) is 19.6. The Morgan fingerprint density at radius 3 is 2.46 bits per heavy atom. The van der Waals surface area contributed by atoms with Crippen LogP contribution in [0, 0.1) is 0 Å². The topological polar surface area (TPSA) is 117 Å². The Morgan fingerprint density at radius 2 is 1.82 bits per heavy atom. The third-order valence-corrected chi connectivity index (χ3v) is 4.56. The van der Waals surface area contributed by atoms with E-state index in [9.17, 15) is 14.4 Å². The number of primary amides is 1. The summed E-state index contributed by atoms with van der Waals surface area (Å²) in [5.74, 6) is -1.31. The van der Waals surface area contributed by atoms with Gasteiger partial charge in [-0.2, -0.15) is 5.10 Å². The summed E-state index contributed by atoms with van der Waals surface area (Å²) in [6.07, 6.45) is 0.0829. The second-order valence-electron chi connectivity index (χ2n) is 6.17. The molecule has 8 nitrogen and oxygen atoms in total. The van der Waals surface area contributed by atoms with Crippen LogP contribution < -0.4 is 21.4 Å². The molecule has 144 valence electrons. The average Bonchev–Trinajstić information content (AvgIpc) is 3.10. The van der Waals surface area contributed by atoms with Gasteiger partial charge in [0.15, 0.2) is 0 Å². The van der Waals surface area contributed by atoms with Gasteiger partial charge in [0.05, 0.1) is 17.1 Å². The molecule has 0 aromatic heterocycles. The van der Waals surface area contributed by atoms with E-state index in [1.807, 2.05) is 18.2 Å². The van der Waals surface area contributed by atoms with Crippen LogP contribution in [-0.4, -0.2) is 29.5 Å². The molecular formula is C19H18BrN5O3. The maximum Gasteiger partial charge on any atom is 0.272 e. The molecule has 9 heteroatoms. The quantitative estimate of drug-likeness (QED) is 0.657. The highest BCUT2D eigenvalue weighted by molar-refractivity contribution is 9.10. The number of anilines is 3. The van der Waals surface area contributed by atoms with E-state index in [0.29, 0.717) is 17.1 Å². The van der Waals surface area contributed by atoms with E-state index >= 15 is 0 Å². The van der Waals surface area contributed by atoms with Crippen LogP contribution >= 0.6 is 15.9 Å².